The highest BCUT2D eigenvalue weighted by Gasteiger charge is 2.28. The molecule has 1 aliphatic heterocycles. The van der Waals surface area contributed by atoms with E-state index in [4.69, 9.17) is 10.7 Å². The average Bonchev–Trinajstić information content (AvgIpc) is 3.20. The highest BCUT2D eigenvalue weighted by atomic mass is 16.2. The van der Waals surface area contributed by atoms with Crippen LogP contribution in [0.15, 0.2) is 49.1 Å². The molecule has 1 fully saturated rings. The summed E-state index contributed by atoms with van der Waals surface area (Å²) in [6.45, 7) is 1.52. The van der Waals surface area contributed by atoms with Crippen molar-refractivity contribution in [1.82, 2.24) is 19.4 Å². The van der Waals surface area contributed by atoms with Crippen molar-refractivity contribution in [2.45, 2.75) is 25.3 Å². The van der Waals surface area contributed by atoms with Crippen LogP contribution in [0.2, 0.25) is 0 Å². The number of fused-ring (bicyclic) bond motifs is 1. The van der Waals surface area contributed by atoms with Crippen molar-refractivity contribution in [3.05, 3.63) is 60.3 Å². The summed E-state index contributed by atoms with van der Waals surface area (Å²) < 4.78 is 1.76. The Morgan fingerprint density at radius 3 is 2.89 bits per heavy atom. The number of aromatic nitrogens is 3. The third-order valence-corrected chi connectivity index (χ3v) is 5.06. The Morgan fingerprint density at radius 1 is 1.26 bits per heavy atom. The minimum absolute atomic E-state index is 0.00223. The molecule has 138 valence electrons. The lowest BCUT2D eigenvalue weighted by Gasteiger charge is -2.33. The Bertz CT molecular complexity index is 983. The van der Waals surface area contributed by atoms with Gasteiger partial charge in [-0.25, -0.2) is 4.98 Å². The largest absolute Gasteiger partial charge is 0.366 e. The SMILES string of the molecule is NC(=O)c1cc2ccccc2nc1[C@@H]1CCCN(C(=O)Cn2ccnc2)C1. The molecule has 4 rings (SSSR count). The highest BCUT2D eigenvalue weighted by molar-refractivity contribution is 5.97. The second kappa shape index (κ2) is 7.19. The van der Waals surface area contributed by atoms with Gasteiger partial charge in [-0.3, -0.25) is 14.6 Å². The van der Waals surface area contributed by atoms with E-state index in [2.05, 4.69) is 4.98 Å². The summed E-state index contributed by atoms with van der Waals surface area (Å²) in [5.41, 5.74) is 7.60. The fourth-order valence-electron chi connectivity index (χ4n) is 3.70. The molecular weight excluding hydrogens is 342 g/mol. The van der Waals surface area contributed by atoms with Crippen molar-refractivity contribution >= 4 is 22.7 Å². The van der Waals surface area contributed by atoms with E-state index < -0.39 is 5.91 Å². The first kappa shape index (κ1) is 17.2. The topological polar surface area (TPSA) is 94.1 Å². The number of rotatable bonds is 4. The van der Waals surface area contributed by atoms with Gasteiger partial charge in [0.05, 0.1) is 23.1 Å². The maximum Gasteiger partial charge on any atom is 0.250 e. The number of benzene rings is 1. The second-order valence-corrected chi connectivity index (χ2v) is 6.89. The number of carbonyl (C=O) groups is 2. The summed E-state index contributed by atoms with van der Waals surface area (Å²) in [6, 6.07) is 9.48. The van der Waals surface area contributed by atoms with E-state index in [1.165, 1.54) is 0 Å². The van der Waals surface area contributed by atoms with Crippen LogP contribution in [0, 0.1) is 0 Å². The molecule has 0 aliphatic carbocycles. The number of carbonyl (C=O) groups excluding carboxylic acids is 2. The van der Waals surface area contributed by atoms with E-state index in [0.29, 0.717) is 24.3 Å². The molecule has 1 aliphatic rings. The maximum atomic E-state index is 12.6. The molecule has 0 saturated carbocycles. The van der Waals surface area contributed by atoms with E-state index in [1.54, 1.807) is 23.3 Å². The normalized spacial score (nSPS) is 17.2. The number of hydrogen-bond donors (Lipinski definition) is 1. The summed E-state index contributed by atoms with van der Waals surface area (Å²) in [6.07, 6.45) is 6.81. The van der Waals surface area contributed by atoms with Gasteiger partial charge in [0.2, 0.25) is 5.91 Å². The standard InChI is InChI=1S/C20H21N5O2/c21-20(27)16-10-14-4-1-2-6-17(14)23-19(16)15-5-3-8-25(11-15)18(26)12-24-9-7-22-13-24/h1-2,4,6-7,9-10,13,15H,3,5,8,11-12H2,(H2,21,27)/t15-/m1/s1. The van der Waals surface area contributed by atoms with Crippen LogP contribution in [0.4, 0.5) is 0 Å². The van der Waals surface area contributed by atoms with Gasteiger partial charge in [0.1, 0.15) is 6.54 Å². The molecule has 0 spiro atoms. The number of nitrogens with zero attached hydrogens (tertiary/aromatic N) is 4. The van der Waals surface area contributed by atoms with E-state index in [9.17, 15) is 9.59 Å². The Morgan fingerprint density at radius 2 is 2.11 bits per heavy atom. The van der Waals surface area contributed by atoms with Gasteiger partial charge in [-0.05, 0) is 25.0 Å². The van der Waals surface area contributed by atoms with Gasteiger partial charge in [0.25, 0.3) is 5.91 Å². The zero-order valence-electron chi connectivity index (χ0n) is 14.9. The lowest BCUT2D eigenvalue weighted by molar-refractivity contribution is -0.133. The van der Waals surface area contributed by atoms with Crippen molar-refractivity contribution in [3.8, 4) is 0 Å². The van der Waals surface area contributed by atoms with Gasteiger partial charge in [0.15, 0.2) is 0 Å². The Hall–Kier alpha value is -3.22. The molecule has 1 saturated heterocycles. The molecule has 0 radical (unpaired) electrons. The van der Waals surface area contributed by atoms with E-state index >= 15 is 0 Å². The summed E-state index contributed by atoms with van der Waals surface area (Å²) in [7, 11) is 0. The number of nitrogens with two attached hydrogens (primary N) is 1. The molecule has 2 aromatic heterocycles. The third kappa shape index (κ3) is 3.53. The van der Waals surface area contributed by atoms with Crippen LogP contribution < -0.4 is 5.73 Å². The number of imidazole rings is 1. The number of primary amides is 1. The highest BCUT2D eigenvalue weighted by Crippen LogP contribution is 2.30. The van der Waals surface area contributed by atoms with Crippen molar-refractivity contribution < 1.29 is 9.59 Å². The average molecular weight is 363 g/mol. The fraction of sp³-hybridized carbons (Fsp3) is 0.300. The predicted octanol–water partition coefficient (Wildman–Crippen LogP) is 1.94. The fourth-order valence-corrected chi connectivity index (χ4v) is 3.70. The molecule has 0 bridgehead atoms. The number of amides is 2. The quantitative estimate of drug-likeness (QED) is 0.766. The number of pyridine rings is 1. The zero-order valence-corrected chi connectivity index (χ0v) is 14.9. The molecule has 3 heterocycles. The first-order valence-corrected chi connectivity index (χ1v) is 9.05. The van der Waals surface area contributed by atoms with Crippen molar-refractivity contribution in [2.24, 2.45) is 5.73 Å². The summed E-state index contributed by atoms with van der Waals surface area (Å²) >= 11 is 0. The molecule has 2 amide bonds. The summed E-state index contributed by atoms with van der Waals surface area (Å²) in [5.74, 6) is -0.443. The number of para-hydroxylation sites is 1. The minimum Gasteiger partial charge on any atom is -0.366 e. The smallest absolute Gasteiger partial charge is 0.250 e. The summed E-state index contributed by atoms with van der Waals surface area (Å²) in [4.78, 5) is 35.2. The van der Waals surface area contributed by atoms with Crippen LogP contribution >= 0.6 is 0 Å². The van der Waals surface area contributed by atoms with Crippen LogP contribution in [0.5, 0.6) is 0 Å². The van der Waals surface area contributed by atoms with Crippen LogP contribution in [-0.2, 0) is 11.3 Å². The molecule has 2 N–H and O–H groups in total. The Kier molecular flexibility index (Phi) is 4.58. The third-order valence-electron chi connectivity index (χ3n) is 5.06. The van der Waals surface area contributed by atoms with Gasteiger partial charge in [-0.1, -0.05) is 18.2 Å². The van der Waals surface area contributed by atoms with Crippen LogP contribution in [-0.4, -0.2) is 44.3 Å². The number of hydrogen-bond acceptors (Lipinski definition) is 4. The van der Waals surface area contributed by atoms with Gasteiger partial charge < -0.3 is 15.2 Å². The monoisotopic (exact) mass is 363 g/mol. The first-order chi connectivity index (χ1) is 13.1. The van der Waals surface area contributed by atoms with Crippen molar-refractivity contribution in [3.63, 3.8) is 0 Å². The predicted molar refractivity (Wildman–Crippen MR) is 101 cm³/mol. The van der Waals surface area contributed by atoms with Crippen LogP contribution in [0.3, 0.4) is 0 Å². The van der Waals surface area contributed by atoms with Gasteiger partial charge >= 0.3 is 0 Å². The minimum atomic E-state index is -0.481. The Labute approximate surface area is 156 Å². The molecule has 7 heteroatoms. The lowest BCUT2D eigenvalue weighted by Crippen LogP contribution is -2.41. The summed E-state index contributed by atoms with van der Waals surface area (Å²) in [5, 5.41) is 0.888. The molecule has 27 heavy (non-hydrogen) atoms. The van der Waals surface area contributed by atoms with Gasteiger partial charge in [-0.2, -0.15) is 0 Å². The Balaban J connectivity index is 1.61. The van der Waals surface area contributed by atoms with E-state index in [-0.39, 0.29) is 18.4 Å². The molecule has 1 aromatic carbocycles. The number of likely N-dealkylation sites (tertiary alicyclic amines) is 1. The number of piperidine rings is 1. The van der Waals surface area contributed by atoms with Crippen molar-refractivity contribution in [2.75, 3.05) is 13.1 Å². The first-order valence-electron chi connectivity index (χ1n) is 9.05. The molecule has 7 nitrogen and oxygen atoms in total. The van der Waals surface area contributed by atoms with Crippen LogP contribution in [0.25, 0.3) is 10.9 Å². The molecule has 0 unspecified atom stereocenters. The molecule has 1 atom stereocenters. The maximum absolute atomic E-state index is 12.6. The lowest BCUT2D eigenvalue weighted by atomic mass is 9.90. The van der Waals surface area contributed by atoms with Gasteiger partial charge in [-0.15, -0.1) is 0 Å². The van der Waals surface area contributed by atoms with Gasteiger partial charge in [0, 0.05) is 36.8 Å². The van der Waals surface area contributed by atoms with E-state index in [0.717, 1.165) is 23.7 Å². The zero-order chi connectivity index (χ0) is 18.8. The molecule has 3 aromatic rings. The molecular formula is C20H21N5O2. The van der Waals surface area contributed by atoms with Crippen molar-refractivity contribution in [1.29, 1.82) is 0 Å². The van der Waals surface area contributed by atoms with E-state index in [1.807, 2.05) is 35.2 Å². The van der Waals surface area contributed by atoms with Crippen LogP contribution in [0.1, 0.15) is 34.8 Å². The second-order valence-electron chi connectivity index (χ2n) is 6.89.